The molecule has 0 unspecified atom stereocenters. The van der Waals surface area contributed by atoms with E-state index >= 15 is 0 Å². The summed E-state index contributed by atoms with van der Waals surface area (Å²) >= 11 is 0. The molecule has 0 N–H and O–H groups in total. The van der Waals surface area contributed by atoms with Crippen LogP contribution in [-0.2, 0) is 13.1 Å². The van der Waals surface area contributed by atoms with Crippen LogP contribution in [0.2, 0.25) is 0 Å². The average Bonchev–Trinajstić information content (AvgIpc) is 3.11. The number of likely N-dealkylation sites (tertiary alicyclic amines) is 1. The Labute approximate surface area is 138 Å². The summed E-state index contributed by atoms with van der Waals surface area (Å²) in [5.41, 5.74) is 3.62. The SMILES string of the molecule is Cc1ccc(C)c([C@H]2CCCN2Cc2nnnn2CC(F)(F)F)c1. The normalized spacial score (nSPS) is 19.1. The minimum Gasteiger partial charge on any atom is -0.289 e. The molecular weight excluding hydrogens is 319 g/mol. The lowest BCUT2D eigenvalue weighted by molar-refractivity contribution is -0.143. The number of halogens is 3. The summed E-state index contributed by atoms with van der Waals surface area (Å²) in [6.45, 7) is 4.11. The number of nitrogens with zero attached hydrogens (tertiary/aromatic N) is 5. The fourth-order valence-corrected chi connectivity index (χ4v) is 3.30. The zero-order valence-corrected chi connectivity index (χ0v) is 13.7. The highest BCUT2D eigenvalue weighted by Gasteiger charge is 2.32. The Morgan fingerprint density at radius 2 is 2.04 bits per heavy atom. The summed E-state index contributed by atoms with van der Waals surface area (Å²) in [6, 6.07) is 6.52. The number of alkyl halides is 3. The lowest BCUT2D eigenvalue weighted by Crippen LogP contribution is -2.27. The Hall–Kier alpha value is -1.96. The molecule has 1 atom stereocenters. The zero-order chi connectivity index (χ0) is 17.3. The quantitative estimate of drug-likeness (QED) is 0.858. The van der Waals surface area contributed by atoms with Gasteiger partial charge in [0.1, 0.15) is 6.54 Å². The minimum atomic E-state index is -4.33. The largest absolute Gasteiger partial charge is 0.408 e. The molecular formula is C16H20F3N5. The third-order valence-electron chi connectivity index (χ3n) is 4.44. The van der Waals surface area contributed by atoms with Crippen molar-refractivity contribution < 1.29 is 13.2 Å². The van der Waals surface area contributed by atoms with Crippen molar-refractivity contribution in [2.75, 3.05) is 6.54 Å². The molecule has 0 amide bonds. The molecule has 1 aromatic heterocycles. The van der Waals surface area contributed by atoms with Gasteiger partial charge >= 0.3 is 6.18 Å². The van der Waals surface area contributed by atoms with E-state index in [-0.39, 0.29) is 11.9 Å². The summed E-state index contributed by atoms with van der Waals surface area (Å²) in [5.74, 6) is 0.254. The molecule has 2 aromatic rings. The maximum Gasteiger partial charge on any atom is 0.408 e. The first-order valence-corrected chi connectivity index (χ1v) is 7.96. The lowest BCUT2D eigenvalue weighted by Gasteiger charge is -2.26. The van der Waals surface area contributed by atoms with Crippen LogP contribution in [0.4, 0.5) is 13.2 Å². The molecule has 130 valence electrons. The van der Waals surface area contributed by atoms with Crippen LogP contribution in [0.3, 0.4) is 0 Å². The Balaban J connectivity index is 1.80. The standard InChI is InChI=1S/C16H20F3N5/c1-11-5-6-12(2)13(8-11)14-4-3-7-23(14)9-15-20-21-22-24(15)10-16(17,18)19/h5-6,8,14H,3-4,7,9-10H2,1-2H3/t14-/m1/s1. The van der Waals surface area contributed by atoms with Gasteiger partial charge in [0.25, 0.3) is 0 Å². The third-order valence-corrected chi connectivity index (χ3v) is 4.44. The number of tetrazole rings is 1. The van der Waals surface area contributed by atoms with E-state index < -0.39 is 12.7 Å². The molecule has 1 aromatic carbocycles. The predicted octanol–water partition coefficient (Wildman–Crippen LogP) is 3.19. The summed E-state index contributed by atoms with van der Waals surface area (Å²) < 4.78 is 38.7. The highest BCUT2D eigenvalue weighted by Crippen LogP contribution is 2.35. The van der Waals surface area contributed by atoms with Gasteiger partial charge in [-0.1, -0.05) is 23.8 Å². The second kappa shape index (κ2) is 6.51. The lowest BCUT2D eigenvalue weighted by atomic mass is 9.97. The molecule has 8 heteroatoms. The maximum absolute atomic E-state index is 12.6. The molecule has 24 heavy (non-hydrogen) atoms. The van der Waals surface area contributed by atoms with Crippen molar-refractivity contribution in [1.29, 1.82) is 0 Å². The van der Waals surface area contributed by atoms with Crippen molar-refractivity contribution in [1.82, 2.24) is 25.1 Å². The van der Waals surface area contributed by atoms with Crippen LogP contribution in [0.15, 0.2) is 18.2 Å². The molecule has 2 heterocycles. The van der Waals surface area contributed by atoms with E-state index in [0.717, 1.165) is 24.1 Å². The number of aromatic nitrogens is 4. The summed E-state index contributed by atoms with van der Waals surface area (Å²) in [7, 11) is 0. The van der Waals surface area contributed by atoms with Gasteiger partial charge in [-0.2, -0.15) is 13.2 Å². The second-order valence-electron chi connectivity index (χ2n) is 6.36. The van der Waals surface area contributed by atoms with Crippen LogP contribution in [0.5, 0.6) is 0 Å². The van der Waals surface area contributed by atoms with Crippen molar-refractivity contribution in [3.8, 4) is 0 Å². The van der Waals surface area contributed by atoms with Gasteiger partial charge in [-0.3, -0.25) is 4.90 Å². The van der Waals surface area contributed by atoms with Gasteiger partial charge in [-0.05, 0) is 54.8 Å². The highest BCUT2D eigenvalue weighted by atomic mass is 19.4. The summed E-state index contributed by atoms with van der Waals surface area (Å²) in [4.78, 5) is 2.17. The second-order valence-corrected chi connectivity index (χ2v) is 6.36. The maximum atomic E-state index is 12.6. The van der Waals surface area contributed by atoms with Crippen LogP contribution in [0, 0.1) is 13.8 Å². The third kappa shape index (κ3) is 3.75. The summed E-state index contributed by atoms with van der Waals surface area (Å²) in [6.07, 6.45) is -2.33. The first-order chi connectivity index (χ1) is 11.3. The van der Waals surface area contributed by atoms with E-state index in [2.05, 4.69) is 45.5 Å². The molecule has 0 spiro atoms. The number of hydrogen-bond donors (Lipinski definition) is 0. The molecule has 3 rings (SSSR count). The molecule has 1 aliphatic heterocycles. The van der Waals surface area contributed by atoms with Gasteiger partial charge in [0.2, 0.25) is 0 Å². The van der Waals surface area contributed by atoms with E-state index in [0.29, 0.717) is 6.54 Å². The van der Waals surface area contributed by atoms with E-state index in [1.165, 1.54) is 16.7 Å². The Morgan fingerprint density at radius 1 is 1.25 bits per heavy atom. The van der Waals surface area contributed by atoms with Crippen molar-refractivity contribution in [3.05, 3.63) is 40.7 Å². The highest BCUT2D eigenvalue weighted by molar-refractivity contribution is 5.33. The fraction of sp³-hybridized carbons (Fsp3) is 0.562. The van der Waals surface area contributed by atoms with E-state index in [1.54, 1.807) is 0 Å². The van der Waals surface area contributed by atoms with Crippen molar-refractivity contribution in [2.45, 2.75) is 52.0 Å². The predicted molar refractivity (Wildman–Crippen MR) is 82.2 cm³/mol. The Kier molecular flexibility index (Phi) is 4.58. The fourth-order valence-electron chi connectivity index (χ4n) is 3.30. The van der Waals surface area contributed by atoms with Crippen LogP contribution < -0.4 is 0 Å². The van der Waals surface area contributed by atoms with Gasteiger partial charge < -0.3 is 0 Å². The first kappa shape index (κ1) is 16.9. The molecule has 1 fully saturated rings. The molecule has 0 saturated carbocycles. The Bertz CT molecular complexity index is 710. The molecule has 1 saturated heterocycles. The van der Waals surface area contributed by atoms with E-state index in [9.17, 15) is 13.2 Å². The molecule has 5 nitrogen and oxygen atoms in total. The molecule has 1 aliphatic rings. The van der Waals surface area contributed by atoms with E-state index in [1.807, 2.05) is 6.92 Å². The number of hydrogen-bond acceptors (Lipinski definition) is 4. The van der Waals surface area contributed by atoms with Crippen molar-refractivity contribution >= 4 is 0 Å². The van der Waals surface area contributed by atoms with Crippen LogP contribution in [-0.4, -0.2) is 37.8 Å². The topological polar surface area (TPSA) is 46.8 Å². The number of aryl methyl sites for hydroxylation is 2. The minimum absolute atomic E-state index is 0.195. The molecule has 0 aliphatic carbocycles. The smallest absolute Gasteiger partial charge is 0.289 e. The van der Waals surface area contributed by atoms with Crippen molar-refractivity contribution in [3.63, 3.8) is 0 Å². The van der Waals surface area contributed by atoms with Gasteiger partial charge in [-0.15, -0.1) is 5.10 Å². The summed E-state index contributed by atoms with van der Waals surface area (Å²) in [5, 5.41) is 10.7. The first-order valence-electron chi connectivity index (χ1n) is 7.96. The van der Waals surface area contributed by atoms with Gasteiger partial charge in [0.15, 0.2) is 5.82 Å². The van der Waals surface area contributed by atoms with Gasteiger partial charge in [0.05, 0.1) is 6.54 Å². The molecule has 0 bridgehead atoms. The van der Waals surface area contributed by atoms with Crippen LogP contribution in [0.1, 0.15) is 41.4 Å². The van der Waals surface area contributed by atoms with Crippen LogP contribution >= 0.6 is 0 Å². The van der Waals surface area contributed by atoms with Gasteiger partial charge in [-0.25, -0.2) is 4.68 Å². The van der Waals surface area contributed by atoms with Crippen molar-refractivity contribution in [2.24, 2.45) is 0 Å². The number of benzene rings is 1. The zero-order valence-electron chi connectivity index (χ0n) is 13.7. The van der Waals surface area contributed by atoms with Crippen LogP contribution in [0.25, 0.3) is 0 Å². The monoisotopic (exact) mass is 339 g/mol. The van der Waals surface area contributed by atoms with E-state index in [4.69, 9.17) is 0 Å². The molecule has 0 radical (unpaired) electrons. The number of rotatable bonds is 4. The Morgan fingerprint density at radius 3 is 2.79 bits per heavy atom. The average molecular weight is 339 g/mol. The van der Waals surface area contributed by atoms with Gasteiger partial charge in [0, 0.05) is 6.04 Å².